The summed E-state index contributed by atoms with van der Waals surface area (Å²) in [4.78, 5) is 11.3. The fraction of sp³-hybridized carbons (Fsp3) is 0.417. The molecule has 2 rings (SSSR count). The zero-order valence-corrected chi connectivity index (χ0v) is 11.5. The van der Waals surface area contributed by atoms with Gasteiger partial charge in [0.25, 0.3) is 0 Å². The van der Waals surface area contributed by atoms with Gasteiger partial charge in [0, 0.05) is 15.6 Å². The molecule has 0 fully saturated rings. The van der Waals surface area contributed by atoms with Crippen LogP contribution in [0.5, 0.6) is 11.5 Å². The van der Waals surface area contributed by atoms with Crippen molar-refractivity contribution >= 4 is 21.9 Å². The molecule has 1 aromatic carbocycles. The Bertz CT molecular complexity index is 482. The Balaban J connectivity index is 2.71. The number of halogens is 1. The highest BCUT2D eigenvalue weighted by atomic mass is 79.9. The molecule has 1 heterocycles. The van der Waals surface area contributed by atoms with Crippen molar-refractivity contribution in [1.29, 1.82) is 0 Å². The summed E-state index contributed by atoms with van der Waals surface area (Å²) in [5.74, 6) is 1.11. The number of fused-ring (bicyclic) bond motifs is 1. The molecule has 5 heteroatoms. The number of carbonyl (C=O) groups excluding carboxylic acids is 1. The minimum absolute atomic E-state index is 0.218. The fourth-order valence-electron chi connectivity index (χ4n) is 2.05. The summed E-state index contributed by atoms with van der Waals surface area (Å²) in [6.07, 6.45) is 0.261. The summed E-state index contributed by atoms with van der Waals surface area (Å²) < 4.78 is 16.7. The second kappa shape index (κ2) is 4.56. The van der Waals surface area contributed by atoms with E-state index < -0.39 is 0 Å². The Hall–Kier alpha value is -1.23. The predicted molar refractivity (Wildman–Crippen MR) is 65.5 cm³/mol. The summed E-state index contributed by atoms with van der Waals surface area (Å²) in [6.45, 7) is 2.15. The van der Waals surface area contributed by atoms with Gasteiger partial charge in [-0.25, -0.2) is 0 Å². The second-order valence-corrected chi connectivity index (χ2v) is 4.59. The topological polar surface area (TPSA) is 44.8 Å². The maximum Gasteiger partial charge on any atom is 0.310 e. The second-order valence-electron chi connectivity index (χ2n) is 3.80. The number of methoxy groups -OCH3 is 2. The molecule has 4 nitrogen and oxygen atoms in total. The molecule has 17 heavy (non-hydrogen) atoms. The van der Waals surface area contributed by atoms with Crippen LogP contribution in [0.3, 0.4) is 0 Å². The van der Waals surface area contributed by atoms with Crippen LogP contribution in [0.25, 0.3) is 0 Å². The van der Waals surface area contributed by atoms with E-state index in [1.54, 1.807) is 14.2 Å². The first-order valence-electron chi connectivity index (χ1n) is 5.17. The SMILES string of the molecule is COc1c(C)c(Br)c2c(c1OC)COC(=O)C2. The Morgan fingerprint density at radius 2 is 1.82 bits per heavy atom. The number of rotatable bonds is 2. The molecule has 0 unspecified atom stereocenters. The highest BCUT2D eigenvalue weighted by Gasteiger charge is 2.27. The zero-order chi connectivity index (χ0) is 12.6. The molecule has 0 bridgehead atoms. The van der Waals surface area contributed by atoms with E-state index in [0.29, 0.717) is 11.5 Å². The summed E-state index contributed by atoms with van der Waals surface area (Å²) in [6, 6.07) is 0. The molecule has 0 N–H and O–H groups in total. The lowest BCUT2D eigenvalue weighted by molar-refractivity contribution is -0.145. The average molecular weight is 301 g/mol. The monoisotopic (exact) mass is 300 g/mol. The Labute approximate surface area is 108 Å². The molecule has 0 saturated heterocycles. The van der Waals surface area contributed by atoms with Gasteiger partial charge in [-0.1, -0.05) is 15.9 Å². The van der Waals surface area contributed by atoms with Crippen LogP contribution in [0.1, 0.15) is 16.7 Å². The first-order valence-corrected chi connectivity index (χ1v) is 5.96. The van der Waals surface area contributed by atoms with E-state index in [0.717, 1.165) is 21.2 Å². The maximum atomic E-state index is 11.3. The Kier molecular flexibility index (Phi) is 3.28. The van der Waals surface area contributed by atoms with Gasteiger partial charge in [-0.05, 0) is 12.5 Å². The lowest BCUT2D eigenvalue weighted by atomic mass is 9.98. The number of hydrogen-bond acceptors (Lipinski definition) is 4. The number of hydrogen-bond donors (Lipinski definition) is 0. The van der Waals surface area contributed by atoms with Gasteiger partial charge < -0.3 is 14.2 Å². The van der Waals surface area contributed by atoms with Gasteiger partial charge in [0.15, 0.2) is 11.5 Å². The van der Waals surface area contributed by atoms with E-state index in [9.17, 15) is 4.79 Å². The normalized spacial score (nSPS) is 14.0. The van der Waals surface area contributed by atoms with Crippen LogP contribution >= 0.6 is 15.9 Å². The van der Waals surface area contributed by atoms with Gasteiger partial charge in [-0.2, -0.15) is 0 Å². The third kappa shape index (κ3) is 1.88. The highest BCUT2D eigenvalue weighted by molar-refractivity contribution is 9.10. The maximum absolute atomic E-state index is 11.3. The molecule has 0 amide bonds. The van der Waals surface area contributed by atoms with E-state index in [4.69, 9.17) is 14.2 Å². The smallest absolute Gasteiger partial charge is 0.310 e. The minimum Gasteiger partial charge on any atom is -0.493 e. The number of carbonyl (C=O) groups is 1. The van der Waals surface area contributed by atoms with Crippen molar-refractivity contribution in [2.24, 2.45) is 0 Å². The van der Waals surface area contributed by atoms with Crippen molar-refractivity contribution < 1.29 is 19.0 Å². The lowest BCUT2D eigenvalue weighted by Gasteiger charge is -2.23. The molecular formula is C12H13BrO4. The van der Waals surface area contributed by atoms with Crippen molar-refractivity contribution in [1.82, 2.24) is 0 Å². The average Bonchev–Trinajstić information content (AvgIpc) is 2.33. The van der Waals surface area contributed by atoms with E-state index in [-0.39, 0.29) is 19.0 Å². The molecular weight excluding hydrogens is 288 g/mol. The number of benzene rings is 1. The fourth-order valence-corrected chi connectivity index (χ4v) is 2.61. The lowest BCUT2D eigenvalue weighted by Crippen LogP contribution is -2.18. The standard InChI is InChI=1S/C12H13BrO4/c1-6-10(13)7-4-9(14)17-5-8(7)12(16-3)11(6)15-2/h4-5H2,1-3H3. The van der Waals surface area contributed by atoms with Crippen LogP contribution in [-0.2, 0) is 22.6 Å². The summed E-state index contributed by atoms with van der Waals surface area (Å²) in [5, 5.41) is 0. The van der Waals surface area contributed by atoms with Gasteiger partial charge >= 0.3 is 5.97 Å². The predicted octanol–water partition coefficient (Wildman–Crippen LogP) is 2.37. The van der Waals surface area contributed by atoms with Crippen molar-refractivity contribution in [3.8, 4) is 11.5 Å². The van der Waals surface area contributed by atoms with Crippen LogP contribution in [0.15, 0.2) is 4.47 Å². The van der Waals surface area contributed by atoms with E-state index in [1.807, 2.05) is 6.92 Å². The first-order chi connectivity index (χ1) is 8.10. The van der Waals surface area contributed by atoms with Crippen LogP contribution in [0.2, 0.25) is 0 Å². The Morgan fingerprint density at radius 1 is 1.18 bits per heavy atom. The van der Waals surface area contributed by atoms with E-state index >= 15 is 0 Å². The molecule has 1 aliphatic rings. The van der Waals surface area contributed by atoms with Crippen molar-refractivity contribution in [3.05, 3.63) is 21.2 Å². The van der Waals surface area contributed by atoms with Gasteiger partial charge in [0.1, 0.15) is 6.61 Å². The van der Waals surface area contributed by atoms with Crippen LogP contribution < -0.4 is 9.47 Å². The number of cyclic esters (lactones) is 1. The van der Waals surface area contributed by atoms with Gasteiger partial charge in [-0.15, -0.1) is 0 Å². The van der Waals surface area contributed by atoms with Gasteiger partial charge in [-0.3, -0.25) is 4.79 Å². The molecule has 0 radical (unpaired) electrons. The van der Waals surface area contributed by atoms with Gasteiger partial charge in [0.2, 0.25) is 0 Å². The van der Waals surface area contributed by atoms with E-state index in [2.05, 4.69) is 15.9 Å². The summed E-state index contributed by atoms with van der Waals surface area (Å²) >= 11 is 3.51. The third-order valence-electron chi connectivity index (χ3n) is 2.89. The summed E-state index contributed by atoms with van der Waals surface area (Å²) in [5.41, 5.74) is 2.73. The molecule has 92 valence electrons. The molecule has 0 spiro atoms. The molecule has 0 atom stereocenters. The van der Waals surface area contributed by atoms with E-state index in [1.165, 1.54) is 0 Å². The molecule has 0 saturated carbocycles. The molecule has 1 aliphatic heterocycles. The third-order valence-corrected chi connectivity index (χ3v) is 3.96. The largest absolute Gasteiger partial charge is 0.493 e. The van der Waals surface area contributed by atoms with Crippen LogP contribution in [-0.4, -0.2) is 20.2 Å². The quantitative estimate of drug-likeness (QED) is 0.787. The van der Waals surface area contributed by atoms with Crippen LogP contribution in [0.4, 0.5) is 0 Å². The molecule has 1 aromatic rings. The van der Waals surface area contributed by atoms with Crippen molar-refractivity contribution in [2.45, 2.75) is 20.0 Å². The van der Waals surface area contributed by atoms with Crippen molar-refractivity contribution in [3.63, 3.8) is 0 Å². The zero-order valence-electron chi connectivity index (χ0n) is 9.93. The highest BCUT2D eigenvalue weighted by Crippen LogP contribution is 2.43. The van der Waals surface area contributed by atoms with Crippen molar-refractivity contribution in [2.75, 3.05) is 14.2 Å². The first kappa shape index (κ1) is 12.2. The summed E-state index contributed by atoms with van der Waals surface area (Å²) in [7, 11) is 3.18. The Morgan fingerprint density at radius 3 is 2.41 bits per heavy atom. The molecule has 0 aromatic heterocycles. The molecule has 0 aliphatic carbocycles. The number of esters is 1. The van der Waals surface area contributed by atoms with Gasteiger partial charge in [0.05, 0.1) is 20.6 Å². The van der Waals surface area contributed by atoms with Crippen LogP contribution in [0, 0.1) is 6.92 Å². The number of ether oxygens (including phenoxy) is 3. The minimum atomic E-state index is -0.218.